The number of aromatic nitrogens is 1. The molecule has 0 saturated heterocycles. The zero-order valence-electron chi connectivity index (χ0n) is 10.5. The van der Waals surface area contributed by atoms with Crippen LogP contribution in [0.3, 0.4) is 0 Å². The van der Waals surface area contributed by atoms with Gasteiger partial charge in [-0.1, -0.05) is 26.2 Å². The van der Waals surface area contributed by atoms with Crippen LogP contribution in [0.15, 0.2) is 22.8 Å². The van der Waals surface area contributed by atoms with E-state index in [4.69, 9.17) is 5.73 Å². The Labute approximate surface area is 112 Å². The van der Waals surface area contributed by atoms with Crippen LogP contribution in [-0.4, -0.2) is 10.5 Å². The van der Waals surface area contributed by atoms with Crippen LogP contribution in [-0.2, 0) is 6.42 Å². The summed E-state index contributed by atoms with van der Waals surface area (Å²) in [7, 11) is 0. The molecule has 0 aromatic carbocycles. The van der Waals surface area contributed by atoms with Crippen LogP contribution in [0.25, 0.3) is 0 Å². The van der Waals surface area contributed by atoms with Gasteiger partial charge in [0.05, 0.1) is 0 Å². The molecule has 0 radical (unpaired) electrons. The Kier molecular flexibility index (Phi) is 4.21. The molecule has 0 amide bonds. The molecule has 1 aromatic heterocycles. The third-order valence-corrected chi connectivity index (χ3v) is 4.52. The average molecular weight is 297 g/mol. The minimum atomic E-state index is -0.0339. The predicted molar refractivity (Wildman–Crippen MR) is 74.8 cm³/mol. The number of nitrogens with two attached hydrogens (primary N) is 1. The van der Waals surface area contributed by atoms with Crippen molar-refractivity contribution in [2.45, 2.75) is 51.0 Å². The van der Waals surface area contributed by atoms with E-state index in [-0.39, 0.29) is 5.54 Å². The molecule has 1 saturated carbocycles. The first-order valence-electron chi connectivity index (χ1n) is 6.53. The number of rotatable bonds is 3. The molecule has 1 aliphatic carbocycles. The maximum atomic E-state index is 6.63. The molecule has 17 heavy (non-hydrogen) atoms. The molecule has 2 unspecified atom stereocenters. The number of hydrogen-bond acceptors (Lipinski definition) is 2. The summed E-state index contributed by atoms with van der Waals surface area (Å²) in [5.74, 6) is 0.654. The van der Waals surface area contributed by atoms with Gasteiger partial charge >= 0.3 is 0 Å². The van der Waals surface area contributed by atoms with Crippen LogP contribution in [0, 0.1) is 5.92 Å². The fourth-order valence-corrected chi connectivity index (χ4v) is 3.26. The molecule has 0 aliphatic heterocycles. The minimum absolute atomic E-state index is 0.0339. The second-order valence-electron chi connectivity index (χ2n) is 5.23. The fraction of sp³-hybridized carbons (Fsp3) is 0.643. The highest BCUT2D eigenvalue weighted by molar-refractivity contribution is 9.10. The highest BCUT2D eigenvalue weighted by atomic mass is 79.9. The van der Waals surface area contributed by atoms with Crippen LogP contribution in [0.2, 0.25) is 0 Å². The van der Waals surface area contributed by atoms with Crippen molar-refractivity contribution in [3.8, 4) is 0 Å². The van der Waals surface area contributed by atoms with Crippen LogP contribution in [0.1, 0.15) is 44.7 Å². The van der Waals surface area contributed by atoms with E-state index in [2.05, 4.69) is 40.0 Å². The van der Waals surface area contributed by atoms with Crippen LogP contribution in [0.5, 0.6) is 0 Å². The Morgan fingerprint density at radius 2 is 2.29 bits per heavy atom. The standard InChI is InChI=1S/C14H21BrN2/c1-2-11-5-3-4-8-14(11,16)9-13-7-6-12(15)10-17-13/h6-7,10-11H,2-5,8-9,16H2,1H3. The molecule has 1 fully saturated rings. The Morgan fingerprint density at radius 3 is 2.94 bits per heavy atom. The zero-order valence-corrected chi connectivity index (χ0v) is 12.0. The average Bonchev–Trinajstić information content (AvgIpc) is 2.32. The molecule has 0 bridgehead atoms. The zero-order chi connectivity index (χ0) is 12.3. The second kappa shape index (κ2) is 5.49. The summed E-state index contributed by atoms with van der Waals surface area (Å²) < 4.78 is 1.03. The molecular weight excluding hydrogens is 276 g/mol. The monoisotopic (exact) mass is 296 g/mol. The van der Waals surface area contributed by atoms with Gasteiger partial charge in [-0.3, -0.25) is 4.98 Å². The molecule has 94 valence electrons. The first-order chi connectivity index (χ1) is 8.14. The van der Waals surface area contributed by atoms with E-state index in [1.165, 1.54) is 25.7 Å². The third-order valence-electron chi connectivity index (χ3n) is 4.05. The molecule has 1 heterocycles. The summed E-state index contributed by atoms with van der Waals surface area (Å²) in [5.41, 5.74) is 7.72. The van der Waals surface area contributed by atoms with E-state index in [0.29, 0.717) is 5.92 Å². The van der Waals surface area contributed by atoms with Gasteiger partial charge in [0.15, 0.2) is 0 Å². The minimum Gasteiger partial charge on any atom is -0.324 e. The maximum Gasteiger partial charge on any atom is 0.0422 e. The largest absolute Gasteiger partial charge is 0.324 e. The summed E-state index contributed by atoms with van der Waals surface area (Å²) in [4.78, 5) is 4.46. The first-order valence-corrected chi connectivity index (χ1v) is 7.32. The topological polar surface area (TPSA) is 38.9 Å². The van der Waals surface area contributed by atoms with Gasteiger partial charge in [-0.05, 0) is 46.8 Å². The maximum absolute atomic E-state index is 6.63. The summed E-state index contributed by atoms with van der Waals surface area (Å²) >= 11 is 3.42. The number of nitrogens with zero attached hydrogens (tertiary/aromatic N) is 1. The SMILES string of the molecule is CCC1CCCCC1(N)Cc1ccc(Br)cn1. The van der Waals surface area contributed by atoms with E-state index < -0.39 is 0 Å². The fourth-order valence-electron chi connectivity index (χ4n) is 3.03. The highest BCUT2D eigenvalue weighted by Gasteiger charge is 2.36. The van der Waals surface area contributed by atoms with Crippen LogP contribution >= 0.6 is 15.9 Å². The van der Waals surface area contributed by atoms with Crippen molar-refractivity contribution in [1.82, 2.24) is 4.98 Å². The van der Waals surface area contributed by atoms with E-state index >= 15 is 0 Å². The van der Waals surface area contributed by atoms with Gasteiger partial charge in [0.25, 0.3) is 0 Å². The molecule has 2 rings (SSSR count). The smallest absolute Gasteiger partial charge is 0.0422 e. The van der Waals surface area contributed by atoms with Gasteiger partial charge in [0.2, 0.25) is 0 Å². The summed E-state index contributed by atoms with van der Waals surface area (Å²) in [5, 5.41) is 0. The second-order valence-corrected chi connectivity index (χ2v) is 6.14. The molecule has 2 N–H and O–H groups in total. The van der Waals surface area contributed by atoms with Crippen LogP contribution in [0.4, 0.5) is 0 Å². The molecule has 2 atom stereocenters. The van der Waals surface area contributed by atoms with E-state index in [1.54, 1.807) is 0 Å². The summed E-state index contributed by atoms with van der Waals surface area (Å²) in [6, 6.07) is 4.13. The van der Waals surface area contributed by atoms with Crippen molar-refractivity contribution in [1.29, 1.82) is 0 Å². The van der Waals surface area contributed by atoms with Crippen molar-refractivity contribution in [3.05, 3.63) is 28.5 Å². The number of pyridine rings is 1. The molecule has 1 aromatic rings. The highest BCUT2D eigenvalue weighted by Crippen LogP contribution is 2.36. The lowest BCUT2D eigenvalue weighted by Crippen LogP contribution is -2.51. The Morgan fingerprint density at radius 1 is 1.47 bits per heavy atom. The Bertz CT molecular complexity index is 363. The van der Waals surface area contributed by atoms with E-state index in [9.17, 15) is 0 Å². The quantitative estimate of drug-likeness (QED) is 0.924. The lowest BCUT2D eigenvalue weighted by molar-refractivity contribution is 0.181. The van der Waals surface area contributed by atoms with Crippen molar-refractivity contribution < 1.29 is 0 Å². The molecule has 1 aliphatic rings. The molecular formula is C14H21BrN2. The van der Waals surface area contributed by atoms with Crippen molar-refractivity contribution >= 4 is 15.9 Å². The lowest BCUT2D eigenvalue weighted by atomic mass is 9.70. The van der Waals surface area contributed by atoms with Crippen molar-refractivity contribution in [2.75, 3.05) is 0 Å². The number of hydrogen-bond donors (Lipinski definition) is 1. The molecule has 0 spiro atoms. The summed E-state index contributed by atoms with van der Waals surface area (Å²) in [6.45, 7) is 2.26. The Hall–Kier alpha value is -0.410. The lowest BCUT2D eigenvalue weighted by Gasteiger charge is -2.41. The predicted octanol–water partition coefficient (Wildman–Crippen LogP) is 3.68. The van der Waals surface area contributed by atoms with Crippen LogP contribution < -0.4 is 5.73 Å². The van der Waals surface area contributed by atoms with Gasteiger partial charge < -0.3 is 5.73 Å². The molecule has 3 heteroatoms. The first kappa shape index (κ1) is 13.0. The Balaban J connectivity index is 2.11. The molecule has 2 nitrogen and oxygen atoms in total. The third kappa shape index (κ3) is 3.08. The number of halogens is 1. The van der Waals surface area contributed by atoms with Gasteiger partial charge in [-0.15, -0.1) is 0 Å². The van der Waals surface area contributed by atoms with Gasteiger partial charge in [-0.2, -0.15) is 0 Å². The van der Waals surface area contributed by atoms with Gasteiger partial charge in [0.1, 0.15) is 0 Å². The van der Waals surface area contributed by atoms with Crippen molar-refractivity contribution in [2.24, 2.45) is 11.7 Å². The normalized spacial score (nSPS) is 29.2. The van der Waals surface area contributed by atoms with E-state index in [1.807, 2.05) is 6.20 Å². The van der Waals surface area contributed by atoms with Gasteiger partial charge in [-0.25, -0.2) is 0 Å². The van der Waals surface area contributed by atoms with Gasteiger partial charge in [0, 0.05) is 28.3 Å². The van der Waals surface area contributed by atoms with Crippen molar-refractivity contribution in [3.63, 3.8) is 0 Å². The summed E-state index contributed by atoms with van der Waals surface area (Å²) in [6.07, 6.45) is 9.00. The van der Waals surface area contributed by atoms with E-state index in [0.717, 1.165) is 23.0 Å².